The maximum atomic E-state index is 12.4. The quantitative estimate of drug-likeness (QED) is 0.620. The Bertz CT molecular complexity index is 944. The highest BCUT2D eigenvalue weighted by molar-refractivity contribution is 6.43. The Morgan fingerprint density at radius 3 is 2.69 bits per heavy atom. The van der Waals surface area contributed by atoms with Crippen LogP contribution in [0.4, 0.5) is 11.4 Å². The van der Waals surface area contributed by atoms with Crippen LogP contribution in [0.3, 0.4) is 0 Å². The molecule has 1 heterocycles. The SMILES string of the molecule is Cc1cccc(CNC(=O)c2cncc(Nc3cccc(Cl)c3Cl)c2)c1. The van der Waals surface area contributed by atoms with Crippen LogP contribution in [0.1, 0.15) is 21.5 Å². The first-order valence-electron chi connectivity index (χ1n) is 8.03. The molecule has 3 rings (SSSR count). The third-order valence-corrected chi connectivity index (χ3v) is 4.59. The van der Waals surface area contributed by atoms with Gasteiger partial charge in [0, 0.05) is 12.7 Å². The van der Waals surface area contributed by atoms with Crippen molar-refractivity contribution in [2.24, 2.45) is 0 Å². The lowest BCUT2D eigenvalue weighted by Crippen LogP contribution is -2.23. The lowest BCUT2D eigenvalue weighted by molar-refractivity contribution is 0.0950. The average molecular weight is 386 g/mol. The van der Waals surface area contributed by atoms with Crippen LogP contribution in [-0.2, 0) is 6.54 Å². The molecule has 1 aromatic heterocycles. The average Bonchev–Trinajstić information content (AvgIpc) is 2.64. The zero-order valence-corrected chi connectivity index (χ0v) is 15.6. The monoisotopic (exact) mass is 385 g/mol. The van der Waals surface area contributed by atoms with Gasteiger partial charge in [-0.05, 0) is 30.7 Å². The summed E-state index contributed by atoms with van der Waals surface area (Å²) in [5.74, 6) is -0.195. The van der Waals surface area contributed by atoms with E-state index in [1.165, 1.54) is 6.20 Å². The number of nitrogens with one attached hydrogen (secondary N) is 2. The van der Waals surface area contributed by atoms with Crippen LogP contribution in [0, 0.1) is 6.92 Å². The topological polar surface area (TPSA) is 54.0 Å². The van der Waals surface area contributed by atoms with Crippen LogP contribution in [0.25, 0.3) is 0 Å². The molecule has 0 spiro atoms. The zero-order chi connectivity index (χ0) is 18.5. The molecule has 0 unspecified atom stereocenters. The normalized spacial score (nSPS) is 10.4. The van der Waals surface area contributed by atoms with E-state index in [4.69, 9.17) is 23.2 Å². The van der Waals surface area contributed by atoms with Crippen LogP contribution in [0.2, 0.25) is 10.0 Å². The molecule has 0 bridgehead atoms. The van der Waals surface area contributed by atoms with Crippen molar-refractivity contribution in [3.63, 3.8) is 0 Å². The maximum Gasteiger partial charge on any atom is 0.253 e. The van der Waals surface area contributed by atoms with E-state index in [1.807, 2.05) is 31.2 Å². The number of carbonyl (C=O) groups is 1. The fraction of sp³-hybridized carbons (Fsp3) is 0.100. The van der Waals surface area contributed by atoms with Crippen molar-refractivity contribution in [1.29, 1.82) is 0 Å². The van der Waals surface area contributed by atoms with Crippen molar-refractivity contribution < 1.29 is 4.79 Å². The molecule has 2 N–H and O–H groups in total. The predicted molar refractivity (Wildman–Crippen MR) is 106 cm³/mol. The molecule has 1 amide bonds. The summed E-state index contributed by atoms with van der Waals surface area (Å²) in [6.07, 6.45) is 3.14. The Morgan fingerprint density at radius 1 is 1.08 bits per heavy atom. The van der Waals surface area contributed by atoms with E-state index >= 15 is 0 Å². The van der Waals surface area contributed by atoms with Gasteiger partial charge in [-0.2, -0.15) is 0 Å². The van der Waals surface area contributed by atoms with Gasteiger partial charge in [0.25, 0.3) is 5.91 Å². The van der Waals surface area contributed by atoms with Crippen molar-refractivity contribution in [1.82, 2.24) is 10.3 Å². The Balaban J connectivity index is 1.70. The van der Waals surface area contributed by atoms with E-state index in [0.29, 0.717) is 33.5 Å². The lowest BCUT2D eigenvalue weighted by Gasteiger charge is -2.11. The van der Waals surface area contributed by atoms with Crippen molar-refractivity contribution in [3.8, 4) is 0 Å². The number of anilines is 2. The summed E-state index contributed by atoms with van der Waals surface area (Å²) in [4.78, 5) is 16.5. The molecule has 2 aromatic carbocycles. The second kappa shape index (κ2) is 8.21. The summed E-state index contributed by atoms with van der Waals surface area (Å²) >= 11 is 12.2. The van der Waals surface area contributed by atoms with Crippen molar-refractivity contribution in [2.75, 3.05) is 5.32 Å². The summed E-state index contributed by atoms with van der Waals surface area (Å²) in [7, 11) is 0. The molecule has 3 aromatic rings. The molecule has 26 heavy (non-hydrogen) atoms. The molecule has 0 saturated carbocycles. The number of halogens is 2. The molecule has 0 fully saturated rings. The largest absolute Gasteiger partial charge is 0.353 e. The molecular formula is C20H17Cl2N3O. The van der Waals surface area contributed by atoms with E-state index in [9.17, 15) is 4.79 Å². The minimum Gasteiger partial charge on any atom is -0.353 e. The number of rotatable bonds is 5. The first kappa shape index (κ1) is 18.2. The van der Waals surface area contributed by atoms with Crippen LogP contribution in [-0.4, -0.2) is 10.9 Å². The Hall–Kier alpha value is -2.56. The Labute approximate surface area is 162 Å². The van der Waals surface area contributed by atoms with E-state index in [-0.39, 0.29) is 5.91 Å². The van der Waals surface area contributed by atoms with E-state index in [0.717, 1.165) is 11.1 Å². The molecule has 0 atom stereocenters. The number of carbonyl (C=O) groups excluding carboxylic acids is 1. The fourth-order valence-corrected chi connectivity index (χ4v) is 2.84. The van der Waals surface area contributed by atoms with E-state index < -0.39 is 0 Å². The number of aromatic nitrogens is 1. The highest BCUT2D eigenvalue weighted by Gasteiger charge is 2.09. The van der Waals surface area contributed by atoms with Gasteiger partial charge in [-0.15, -0.1) is 0 Å². The van der Waals surface area contributed by atoms with E-state index in [1.54, 1.807) is 30.5 Å². The number of pyridine rings is 1. The first-order chi connectivity index (χ1) is 12.5. The van der Waals surface area contributed by atoms with Gasteiger partial charge in [0.2, 0.25) is 0 Å². The van der Waals surface area contributed by atoms with Crippen LogP contribution < -0.4 is 10.6 Å². The van der Waals surface area contributed by atoms with Gasteiger partial charge in [-0.3, -0.25) is 9.78 Å². The smallest absolute Gasteiger partial charge is 0.253 e. The second-order valence-electron chi connectivity index (χ2n) is 5.86. The van der Waals surface area contributed by atoms with Crippen LogP contribution >= 0.6 is 23.2 Å². The Morgan fingerprint density at radius 2 is 1.88 bits per heavy atom. The minimum atomic E-state index is -0.195. The number of amides is 1. The highest BCUT2D eigenvalue weighted by atomic mass is 35.5. The zero-order valence-electron chi connectivity index (χ0n) is 14.1. The van der Waals surface area contributed by atoms with E-state index in [2.05, 4.69) is 15.6 Å². The van der Waals surface area contributed by atoms with Crippen molar-refractivity contribution in [2.45, 2.75) is 13.5 Å². The molecule has 0 aliphatic heterocycles. The van der Waals surface area contributed by atoms with Gasteiger partial charge < -0.3 is 10.6 Å². The summed E-state index contributed by atoms with van der Waals surface area (Å²) < 4.78 is 0. The molecule has 0 radical (unpaired) electrons. The molecule has 0 aliphatic carbocycles. The van der Waals surface area contributed by atoms with Crippen molar-refractivity contribution >= 4 is 40.5 Å². The maximum absolute atomic E-state index is 12.4. The summed E-state index contributed by atoms with van der Waals surface area (Å²) in [6, 6.07) is 15.0. The molecule has 6 heteroatoms. The summed E-state index contributed by atoms with van der Waals surface area (Å²) in [6.45, 7) is 2.48. The highest BCUT2D eigenvalue weighted by Crippen LogP contribution is 2.31. The van der Waals surface area contributed by atoms with Crippen LogP contribution in [0.5, 0.6) is 0 Å². The van der Waals surface area contributed by atoms with Gasteiger partial charge in [0.1, 0.15) is 0 Å². The minimum absolute atomic E-state index is 0.195. The molecule has 0 saturated heterocycles. The van der Waals surface area contributed by atoms with Gasteiger partial charge in [-0.1, -0.05) is 59.1 Å². The fourth-order valence-electron chi connectivity index (χ4n) is 2.49. The molecule has 4 nitrogen and oxygen atoms in total. The van der Waals surface area contributed by atoms with Gasteiger partial charge >= 0.3 is 0 Å². The second-order valence-corrected chi connectivity index (χ2v) is 6.65. The van der Waals surface area contributed by atoms with Crippen molar-refractivity contribution in [3.05, 3.63) is 87.7 Å². The number of benzene rings is 2. The number of nitrogens with zero attached hydrogens (tertiary/aromatic N) is 1. The third kappa shape index (κ3) is 4.54. The molecular weight excluding hydrogens is 369 g/mol. The van der Waals surface area contributed by atoms with Gasteiger partial charge in [0.05, 0.1) is 33.2 Å². The number of aryl methyl sites for hydroxylation is 1. The third-order valence-electron chi connectivity index (χ3n) is 3.77. The number of hydrogen-bond acceptors (Lipinski definition) is 3. The standard InChI is InChI=1S/C20H17Cl2N3O/c1-13-4-2-5-14(8-13)10-24-20(26)15-9-16(12-23-11-15)25-18-7-3-6-17(21)19(18)22/h2-9,11-12,25H,10H2,1H3,(H,24,26). The predicted octanol–water partition coefficient (Wildman–Crippen LogP) is 5.37. The van der Waals surface area contributed by atoms with Gasteiger partial charge in [-0.25, -0.2) is 0 Å². The first-order valence-corrected chi connectivity index (χ1v) is 8.78. The summed E-state index contributed by atoms with van der Waals surface area (Å²) in [5, 5.41) is 6.91. The summed E-state index contributed by atoms with van der Waals surface area (Å²) in [5.41, 5.74) is 3.96. The lowest BCUT2D eigenvalue weighted by atomic mass is 10.1. The number of hydrogen-bond donors (Lipinski definition) is 2. The van der Waals surface area contributed by atoms with Gasteiger partial charge in [0.15, 0.2) is 0 Å². The molecule has 132 valence electrons. The Kier molecular flexibility index (Phi) is 5.76. The van der Waals surface area contributed by atoms with Crippen LogP contribution in [0.15, 0.2) is 60.9 Å². The molecule has 0 aliphatic rings.